The molecule has 0 radical (unpaired) electrons. The van der Waals surface area contributed by atoms with E-state index < -0.39 is 0 Å². The molecule has 16 heavy (non-hydrogen) atoms. The Morgan fingerprint density at radius 2 is 1.88 bits per heavy atom. The van der Waals surface area contributed by atoms with Crippen LogP contribution in [0.25, 0.3) is 0 Å². The topological polar surface area (TPSA) is 17.8 Å². The minimum absolute atomic E-state index is 0.977. The zero-order valence-corrected chi connectivity index (χ0v) is 11.2. The summed E-state index contributed by atoms with van der Waals surface area (Å²) in [6, 6.07) is 8.68. The first-order chi connectivity index (χ1) is 7.66. The summed E-state index contributed by atoms with van der Waals surface area (Å²) >= 11 is 3.54. The molecule has 0 fully saturated rings. The lowest BCUT2D eigenvalue weighted by molar-refractivity contribution is 0.876. The summed E-state index contributed by atoms with van der Waals surface area (Å²) in [6.07, 6.45) is 3.86. The van der Waals surface area contributed by atoms with Gasteiger partial charge in [0.05, 0.1) is 12.0 Å². The third-order valence-electron chi connectivity index (χ3n) is 2.71. The number of nitrogens with zero attached hydrogens (tertiary/aromatic N) is 2. The van der Waals surface area contributed by atoms with Crippen LogP contribution in [-0.4, -0.2) is 9.55 Å². The Hall–Kier alpha value is -1.09. The molecule has 0 aliphatic rings. The number of aromatic nitrogens is 2. The van der Waals surface area contributed by atoms with Gasteiger partial charge in [-0.15, -0.1) is 0 Å². The molecule has 0 N–H and O–H groups in total. The second-order valence-corrected chi connectivity index (χ2v) is 4.83. The summed E-state index contributed by atoms with van der Waals surface area (Å²) in [6.45, 7) is 2.11. The number of imidazole rings is 1. The van der Waals surface area contributed by atoms with Gasteiger partial charge in [-0.1, -0.05) is 29.8 Å². The fraction of sp³-hybridized carbons (Fsp3) is 0.308. The van der Waals surface area contributed by atoms with E-state index in [0.29, 0.717) is 0 Å². The van der Waals surface area contributed by atoms with Gasteiger partial charge in [0.2, 0.25) is 0 Å². The van der Waals surface area contributed by atoms with E-state index in [1.807, 2.05) is 17.9 Å². The van der Waals surface area contributed by atoms with Crippen LogP contribution in [0.15, 0.2) is 35.2 Å². The molecule has 2 rings (SSSR count). The first kappa shape index (κ1) is 11.4. The van der Waals surface area contributed by atoms with E-state index in [2.05, 4.69) is 52.1 Å². The van der Waals surface area contributed by atoms with Crippen molar-refractivity contribution in [3.63, 3.8) is 0 Å². The molecule has 2 aromatic rings. The van der Waals surface area contributed by atoms with Gasteiger partial charge in [-0.2, -0.15) is 0 Å². The van der Waals surface area contributed by atoms with Crippen LogP contribution in [0.4, 0.5) is 0 Å². The third-order valence-corrected chi connectivity index (χ3v) is 3.72. The SMILES string of the molecule is Cc1ccc(CCc2ncn(C)c2Br)cc1. The van der Waals surface area contributed by atoms with Gasteiger partial charge in [0, 0.05) is 7.05 Å². The van der Waals surface area contributed by atoms with E-state index in [0.717, 1.165) is 23.1 Å². The van der Waals surface area contributed by atoms with Gasteiger partial charge in [-0.3, -0.25) is 0 Å². The summed E-state index contributed by atoms with van der Waals surface area (Å²) in [5.74, 6) is 0. The highest BCUT2D eigenvalue weighted by Crippen LogP contribution is 2.16. The Balaban J connectivity index is 2.02. The monoisotopic (exact) mass is 278 g/mol. The Morgan fingerprint density at radius 1 is 1.19 bits per heavy atom. The minimum atomic E-state index is 0.977. The highest BCUT2D eigenvalue weighted by atomic mass is 79.9. The third kappa shape index (κ3) is 2.53. The van der Waals surface area contributed by atoms with Gasteiger partial charge in [-0.25, -0.2) is 4.98 Å². The predicted octanol–water partition coefficient (Wildman–Crippen LogP) is 3.28. The molecule has 1 aromatic heterocycles. The summed E-state index contributed by atoms with van der Waals surface area (Å²) in [5.41, 5.74) is 3.80. The molecule has 0 saturated heterocycles. The summed E-state index contributed by atoms with van der Waals surface area (Å²) in [5, 5.41) is 0. The Bertz CT molecular complexity index is 471. The molecule has 0 spiro atoms. The van der Waals surface area contributed by atoms with Crippen molar-refractivity contribution in [1.82, 2.24) is 9.55 Å². The number of aryl methyl sites for hydroxylation is 4. The number of hydrogen-bond donors (Lipinski definition) is 0. The molecule has 2 nitrogen and oxygen atoms in total. The van der Waals surface area contributed by atoms with Crippen molar-refractivity contribution in [2.24, 2.45) is 7.05 Å². The fourth-order valence-electron chi connectivity index (χ4n) is 1.65. The molecule has 84 valence electrons. The van der Waals surface area contributed by atoms with E-state index in [1.54, 1.807) is 0 Å². The maximum Gasteiger partial charge on any atom is 0.107 e. The predicted molar refractivity (Wildman–Crippen MR) is 69.5 cm³/mol. The van der Waals surface area contributed by atoms with Crippen LogP contribution < -0.4 is 0 Å². The van der Waals surface area contributed by atoms with Crippen LogP contribution in [0.3, 0.4) is 0 Å². The quantitative estimate of drug-likeness (QED) is 0.843. The molecule has 1 aromatic carbocycles. The highest BCUT2D eigenvalue weighted by molar-refractivity contribution is 9.10. The Morgan fingerprint density at radius 3 is 2.44 bits per heavy atom. The van der Waals surface area contributed by atoms with E-state index in [4.69, 9.17) is 0 Å². The molecule has 0 bridgehead atoms. The molecule has 0 unspecified atom stereocenters. The Labute approximate surface area is 104 Å². The largest absolute Gasteiger partial charge is 0.328 e. The molecule has 0 atom stereocenters. The number of hydrogen-bond acceptors (Lipinski definition) is 1. The van der Waals surface area contributed by atoms with Crippen LogP contribution in [0.2, 0.25) is 0 Å². The maximum atomic E-state index is 4.36. The molecule has 1 heterocycles. The summed E-state index contributed by atoms with van der Waals surface area (Å²) in [4.78, 5) is 4.36. The number of rotatable bonds is 3. The van der Waals surface area contributed by atoms with Crippen molar-refractivity contribution in [2.75, 3.05) is 0 Å². The van der Waals surface area contributed by atoms with Crippen molar-refractivity contribution in [3.05, 3.63) is 52.0 Å². The van der Waals surface area contributed by atoms with Crippen LogP contribution >= 0.6 is 15.9 Å². The zero-order chi connectivity index (χ0) is 11.5. The highest BCUT2D eigenvalue weighted by Gasteiger charge is 2.05. The molecule has 0 amide bonds. The van der Waals surface area contributed by atoms with E-state index in [-0.39, 0.29) is 0 Å². The Kier molecular flexibility index (Phi) is 3.44. The molecular formula is C13H15BrN2. The van der Waals surface area contributed by atoms with Gasteiger partial charge >= 0.3 is 0 Å². The lowest BCUT2D eigenvalue weighted by atomic mass is 10.1. The van der Waals surface area contributed by atoms with E-state index >= 15 is 0 Å². The molecule has 3 heteroatoms. The van der Waals surface area contributed by atoms with Crippen molar-refractivity contribution >= 4 is 15.9 Å². The molecule has 0 aliphatic carbocycles. The standard InChI is InChI=1S/C13H15BrN2/c1-10-3-5-11(6-4-10)7-8-12-13(14)16(2)9-15-12/h3-6,9H,7-8H2,1-2H3. The van der Waals surface area contributed by atoms with Gasteiger partial charge in [0.1, 0.15) is 4.60 Å². The van der Waals surface area contributed by atoms with Gasteiger partial charge in [0.15, 0.2) is 0 Å². The van der Waals surface area contributed by atoms with Gasteiger partial charge in [0.25, 0.3) is 0 Å². The van der Waals surface area contributed by atoms with Crippen LogP contribution in [0, 0.1) is 6.92 Å². The number of benzene rings is 1. The lowest BCUT2D eigenvalue weighted by Gasteiger charge is -2.01. The van der Waals surface area contributed by atoms with Crippen LogP contribution in [0.5, 0.6) is 0 Å². The van der Waals surface area contributed by atoms with Gasteiger partial charge < -0.3 is 4.57 Å². The van der Waals surface area contributed by atoms with Crippen LogP contribution in [-0.2, 0) is 19.9 Å². The number of halogens is 1. The molecule has 0 aliphatic heterocycles. The fourth-order valence-corrected chi connectivity index (χ4v) is 2.04. The first-order valence-corrected chi connectivity index (χ1v) is 6.17. The van der Waals surface area contributed by atoms with Crippen molar-refractivity contribution in [3.8, 4) is 0 Å². The smallest absolute Gasteiger partial charge is 0.107 e. The first-order valence-electron chi connectivity index (χ1n) is 5.38. The normalized spacial score (nSPS) is 10.7. The molecular weight excluding hydrogens is 264 g/mol. The zero-order valence-electron chi connectivity index (χ0n) is 9.57. The van der Waals surface area contributed by atoms with Crippen molar-refractivity contribution < 1.29 is 0 Å². The van der Waals surface area contributed by atoms with E-state index in [1.165, 1.54) is 11.1 Å². The average Bonchev–Trinajstić information content (AvgIpc) is 2.60. The molecule has 0 saturated carbocycles. The van der Waals surface area contributed by atoms with E-state index in [9.17, 15) is 0 Å². The second-order valence-electron chi connectivity index (χ2n) is 4.08. The van der Waals surface area contributed by atoms with Crippen molar-refractivity contribution in [1.29, 1.82) is 0 Å². The average molecular weight is 279 g/mol. The maximum absolute atomic E-state index is 4.36. The summed E-state index contributed by atoms with van der Waals surface area (Å²) < 4.78 is 3.07. The summed E-state index contributed by atoms with van der Waals surface area (Å²) in [7, 11) is 1.99. The minimum Gasteiger partial charge on any atom is -0.328 e. The van der Waals surface area contributed by atoms with Crippen molar-refractivity contribution in [2.45, 2.75) is 19.8 Å². The van der Waals surface area contributed by atoms with Gasteiger partial charge in [-0.05, 0) is 41.3 Å². The second kappa shape index (κ2) is 4.83. The van der Waals surface area contributed by atoms with Crippen LogP contribution in [0.1, 0.15) is 16.8 Å². The lowest BCUT2D eigenvalue weighted by Crippen LogP contribution is -1.93.